The molecular weight excluding hydrogens is 318 g/mol. The molecule has 0 spiro atoms. The van der Waals surface area contributed by atoms with Gasteiger partial charge in [-0.2, -0.15) is 9.78 Å². The number of halogens is 1. The average molecular weight is 328 g/mol. The van der Waals surface area contributed by atoms with Gasteiger partial charge in [-0.15, -0.1) is 0 Å². The molecule has 0 fully saturated rings. The van der Waals surface area contributed by atoms with E-state index in [1.807, 2.05) is 0 Å². The van der Waals surface area contributed by atoms with Crippen LogP contribution >= 0.6 is 11.6 Å². The van der Waals surface area contributed by atoms with Gasteiger partial charge in [-0.25, -0.2) is 4.79 Å². The Labute approximate surface area is 135 Å². The molecule has 0 bridgehead atoms. The van der Waals surface area contributed by atoms with Crippen LogP contribution in [0.1, 0.15) is 15.9 Å². The fraction of sp³-hybridized carbons (Fsp3) is 0. The molecule has 0 aliphatic carbocycles. The lowest BCUT2D eigenvalue weighted by atomic mass is 10.0. The highest BCUT2D eigenvalue weighted by Crippen LogP contribution is 2.22. The summed E-state index contributed by atoms with van der Waals surface area (Å²) in [5.41, 5.74) is -0.239. The zero-order valence-electron chi connectivity index (χ0n) is 11.7. The second-order valence-corrected chi connectivity index (χ2v) is 5.12. The van der Waals surface area contributed by atoms with E-state index in [9.17, 15) is 14.4 Å². The van der Waals surface area contributed by atoms with E-state index in [-0.39, 0.29) is 16.4 Å². The Kier molecular flexibility index (Phi) is 3.91. The van der Waals surface area contributed by atoms with Gasteiger partial charge in [-0.1, -0.05) is 41.9 Å². The van der Waals surface area contributed by atoms with Gasteiger partial charge >= 0.3 is 5.69 Å². The van der Waals surface area contributed by atoms with E-state index in [1.54, 1.807) is 30.3 Å². The van der Waals surface area contributed by atoms with Crippen LogP contribution in [0.15, 0.2) is 64.3 Å². The predicted molar refractivity (Wildman–Crippen MR) is 85.3 cm³/mol. The maximum absolute atomic E-state index is 12.5. The van der Waals surface area contributed by atoms with Crippen LogP contribution in [0, 0.1) is 0 Å². The summed E-state index contributed by atoms with van der Waals surface area (Å²) < 4.78 is 0.986. The summed E-state index contributed by atoms with van der Waals surface area (Å²) in [4.78, 5) is 37.5. The van der Waals surface area contributed by atoms with Gasteiger partial charge in [0.2, 0.25) is 0 Å². The Morgan fingerprint density at radius 3 is 2.52 bits per heavy atom. The lowest BCUT2D eigenvalue weighted by Gasteiger charge is -2.08. The molecule has 0 unspecified atom stereocenters. The van der Waals surface area contributed by atoms with E-state index in [4.69, 9.17) is 11.6 Å². The summed E-state index contributed by atoms with van der Waals surface area (Å²) in [6.45, 7) is 0. The molecule has 2 aromatic carbocycles. The highest BCUT2D eigenvalue weighted by molar-refractivity contribution is 6.35. The fourth-order valence-electron chi connectivity index (χ4n) is 2.10. The molecular formula is C16H10ClN3O3. The number of benzene rings is 2. The smallest absolute Gasteiger partial charge is 0.289 e. The van der Waals surface area contributed by atoms with Gasteiger partial charge in [0.05, 0.1) is 10.7 Å². The number of carbonyl (C=O) groups is 1. The minimum Gasteiger partial charge on any atom is -0.289 e. The molecule has 0 saturated carbocycles. The average Bonchev–Trinajstić information content (AvgIpc) is 2.56. The maximum atomic E-state index is 12.5. The summed E-state index contributed by atoms with van der Waals surface area (Å²) in [5, 5.41) is 4.02. The van der Waals surface area contributed by atoms with Crippen LogP contribution in [-0.4, -0.2) is 20.5 Å². The largest absolute Gasteiger partial charge is 0.349 e. The van der Waals surface area contributed by atoms with Crippen molar-refractivity contribution in [1.82, 2.24) is 14.8 Å². The Bertz CT molecular complexity index is 993. The number of aromatic amines is 1. The van der Waals surface area contributed by atoms with E-state index in [1.165, 1.54) is 18.2 Å². The molecule has 0 saturated heterocycles. The zero-order valence-corrected chi connectivity index (χ0v) is 12.4. The van der Waals surface area contributed by atoms with Gasteiger partial charge in [0.25, 0.3) is 5.56 Å². The zero-order chi connectivity index (χ0) is 16.4. The van der Waals surface area contributed by atoms with Crippen molar-refractivity contribution in [2.24, 2.45) is 0 Å². The van der Waals surface area contributed by atoms with E-state index >= 15 is 0 Å². The van der Waals surface area contributed by atoms with Crippen LogP contribution in [0.5, 0.6) is 0 Å². The van der Waals surface area contributed by atoms with E-state index in [0.717, 1.165) is 10.9 Å². The Balaban J connectivity index is 2.11. The van der Waals surface area contributed by atoms with Crippen LogP contribution in [0.2, 0.25) is 5.02 Å². The molecule has 0 aliphatic rings. The predicted octanol–water partition coefficient (Wildman–Crippen LogP) is 1.81. The number of ketones is 1. The summed E-state index contributed by atoms with van der Waals surface area (Å²) in [5.74, 6) is -0.269. The summed E-state index contributed by atoms with van der Waals surface area (Å²) in [6, 6.07) is 13.2. The molecule has 6 nitrogen and oxygen atoms in total. The van der Waals surface area contributed by atoms with E-state index < -0.39 is 11.2 Å². The van der Waals surface area contributed by atoms with Gasteiger partial charge in [-0.05, 0) is 18.2 Å². The number of hydrogen-bond donors (Lipinski definition) is 1. The number of nitrogens with one attached hydrogen (secondary N) is 1. The summed E-state index contributed by atoms with van der Waals surface area (Å²) in [7, 11) is 0. The Morgan fingerprint density at radius 2 is 1.83 bits per heavy atom. The molecule has 1 heterocycles. The third-order valence-electron chi connectivity index (χ3n) is 3.19. The molecule has 0 atom stereocenters. The molecule has 1 aromatic heterocycles. The third kappa shape index (κ3) is 2.97. The third-order valence-corrected chi connectivity index (χ3v) is 3.52. The second kappa shape index (κ2) is 6.02. The van der Waals surface area contributed by atoms with Crippen molar-refractivity contribution in [3.05, 3.63) is 91.7 Å². The van der Waals surface area contributed by atoms with Gasteiger partial charge in [-0.3, -0.25) is 14.6 Å². The molecule has 0 amide bonds. The fourth-order valence-corrected chi connectivity index (χ4v) is 2.30. The number of H-pyrrole nitrogens is 1. The van der Waals surface area contributed by atoms with Crippen molar-refractivity contribution in [3.8, 4) is 5.69 Å². The van der Waals surface area contributed by atoms with Gasteiger partial charge in [0, 0.05) is 11.1 Å². The normalized spacial score (nSPS) is 10.5. The molecule has 23 heavy (non-hydrogen) atoms. The number of rotatable bonds is 3. The maximum Gasteiger partial charge on any atom is 0.349 e. The van der Waals surface area contributed by atoms with Gasteiger partial charge < -0.3 is 0 Å². The second-order valence-electron chi connectivity index (χ2n) is 4.71. The van der Waals surface area contributed by atoms with E-state index in [2.05, 4.69) is 10.1 Å². The molecule has 0 radical (unpaired) electrons. The highest BCUT2D eigenvalue weighted by atomic mass is 35.5. The first-order valence-corrected chi connectivity index (χ1v) is 7.02. The van der Waals surface area contributed by atoms with Crippen LogP contribution in [-0.2, 0) is 0 Å². The first-order valence-electron chi connectivity index (χ1n) is 6.64. The lowest BCUT2D eigenvalue weighted by molar-refractivity contribution is 0.103. The van der Waals surface area contributed by atoms with Crippen molar-refractivity contribution in [1.29, 1.82) is 0 Å². The monoisotopic (exact) mass is 327 g/mol. The van der Waals surface area contributed by atoms with Crippen molar-refractivity contribution >= 4 is 17.4 Å². The van der Waals surface area contributed by atoms with Gasteiger partial charge in [0.15, 0.2) is 5.78 Å². The standard InChI is InChI=1S/C16H10ClN3O3/c17-13-7-6-11(20-16(23)19-14(21)9-18-20)8-12(13)15(22)10-4-2-1-3-5-10/h1-9H,(H,19,21,23). The minimum atomic E-state index is -0.696. The minimum absolute atomic E-state index is 0.246. The first-order chi connectivity index (χ1) is 11.1. The van der Waals surface area contributed by atoms with Crippen LogP contribution in [0.4, 0.5) is 0 Å². The molecule has 0 aliphatic heterocycles. The summed E-state index contributed by atoms with van der Waals surface area (Å²) >= 11 is 6.11. The Morgan fingerprint density at radius 1 is 1.09 bits per heavy atom. The van der Waals surface area contributed by atoms with Crippen LogP contribution < -0.4 is 11.2 Å². The first kappa shape index (κ1) is 14.9. The van der Waals surface area contributed by atoms with E-state index in [0.29, 0.717) is 11.3 Å². The lowest BCUT2D eigenvalue weighted by Crippen LogP contribution is -2.30. The van der Waals surface area contributed by atoms with Crippen LogP contribution in [0.25, 0.3) is 5.69 Å². The molecule has 1 N–H and O–H groups in total. The number of aromatic nitrogens is 3. The van der Waals surface area contributed by atoms with Crippen molar-refractivity contribution in [2.75, 3.05) is 0 Å². The summed E-state index contributed by atoms with van der Waals surface area (Å²) in [6.07, 6.45) is 0.981. The SMILES string of the molecule is O=C(c1ccccc1)c1cc(-n2ncc(=O)[nH]c2=O)ccc1Cl. The number of hydrogen-bond acceptors (Lipinski definition) is 4. The molecule has 3 rings (SSSR count). The topological polar surface area (TPSA) is 84.8 Å². The molecule has 3 aromatic rings. The molecule has 7 heteroatoms. The number of nitrogens with zero attached hydrogens (tertiary/aromatic N) is 2. The van der Waals surface area contributed by atoms with Crippen molar-refractivity contribution in [2.45, 2.75) is 0 Å². The van der Waals surface area contributed by atoms with Crippen molar-refractivity contribution < 1.29 is 4.79 Å². The Hall–Kier alpha value is -2.99. The highest BCUT2D eigenvalue weighted by Gasteiger charge is 2.14. The molecule has 114 valence electrons. The van der Waals surface area contributed by atoms with Gasteiger partial charge in [0.1, 0.15) is 6.20 Å². The quantitative estimate of drug-likeness (QED) is 0.743. The van der Waals surface area contributed by atoms with Crippen molar-refractivity contribution in [3.63, 3.8) is 0 Å². The van der Waals surface area contributed by atoms with Crippen LogP contribution in [0.3, 0.4) is 0 Å². The number of carbonyl (C=O) groups excluding carboxylic acids is 1.